The molecule has 0 aromatic heterocycles. The summed E-state index contributed by atoms with van der Waals surface area (Å²) in [5.74, 6) is 1.26. The molecule has 0 saturated carbocycles. The highest BCUT2D eigenvalue weighted by molar-refractivity contribution is 6.11. The first-order valence-electron chi connectivity index (χ1n) is 8.06. The van der Waals surface area contributed by atoms with Gasteiger partial charge in [0.05, 0.1) is 12.2 Å². The zero-order valence-electron chi connectivity index (χ0n) is 13.3. The molecule has 0 bridgehead atoms. The fourth-order valence-corrected chi connectivity index (χ4v) is 2.91. The Morgan fingerprint density at radius 2 is 1.86 bits per heavy atom. The maximum atomic E-state index is 12.9. The first-order chi connectivity index (χ1) is 10.7. The van der Waals surface area contributed by atoms with Crippen molar-refractivity contribution in [2.24, 2.45) is 0 Å². The standard InChI is InChI=1S/C20H22O2/c1-14(2)17-12-16-10-6-7-11-22-20(16)18(13-17)19(21)15-8-4-3-5-9-15/h3-5,8-9,12-14H,6-7,10-11H2,1-2H3. The van der Waals surface area contributed by atoms with Gasteiger partial charge in [0.25, 0.3) is 0 Å². The molecule has 2 aromatic rings. The molecule has 2 heteroatoms. The number of ether oxygens (including phenoxy) is 1. The van der Waals surface area contributed by atoms with Crippen LogP contribution >= 0.6 is 0 Å². The van der Waals surface area contributed by atoms with Gasteiger partial charge in [0.1, 0.15) is 5.75 Å². The van der Waals surface area contributed by atoms with Gasteiger partial charge in [0, 0.05) is 5.56 Å². The molecular formula is C20H22O2. The predicted molar refractivity (Wildman–Crippen MR) is 88.8 cm³/mol. The highest BCUT2D eigenvalue weighted by atomic mass is 16.5. The molecule has 0 fully saturated rings. The molecule has 0 N–H and O–H groups in total. The van der Waals surface area contributed by atoms with Crippen LogP contribution in [0.5, 0.6) is 5.75 Å². The molecular weight excluding hydrogens is 272 g/mol. The van der Waals surface area contributed by atoms with Crippen molar-refractivity contribution in [1.29, 1.82) is 0 Å². The minimum Gasteiger partial charge on any atom is -0.493 e. The van der Waals surface area contributed by atoms with Crippen molar-refractivity contribution in [2.75, 3.05) is 6.61 Å². The summed E-state index contributed by atoms with van der Waals surface area (Å²) < 4.78 is 5.94. The Morgan fingerprint density at radius 3 is 2.59 bits per heavy atom. The Labute approximate surface area is 132 Å². The Bertz CT molecular complexity index is 672. The van der Waals surface area contributed by atoms with Gasteiger partial charge in [0.2, 0.25) is 0 Å². The van der Waals surface area contributed by atoms with E-state index in [-0.39, 0.29) is 5.78 Å². The van der Waals surface area contributed by atoms with Gasteiger partial charge < -0.3 is 4.74 Å². The predicted octanol–water partition coefficient (Wildman–Crippen LogP) is 4.76. The summed E-state index contributed by atoms with van der Waals surface area (Å²) in [7, 11) is 0. The summed E-state index contributed by atoms with van der Waals surface area (Å²) in [6.45, 7) is 5.02. The van der Waals surface area contributed by atoms with Gasteiger partial charge in [-0.25, -0.2) is 0 Å². The lowest BCUT2D eigenvalue weighted by atomic mass is 9.91. The van der Waals surface area contributed by atoms with Crippen molar-refractivity contribution < 1.29 is 9.53 Å². The number of carbonyl (C=O) groups is 1. The molecule has 0 saturated heterocycles. The fraction of sp³-hybridized carbons (Fsp3) is 0.350. The van der Waals surface area contributed by atoms with Crippen LogP contribution in [-0.4, -0.2) is 12.4 Å². The Kier molecular flexibility index (Phi) is 4.28. The van der Waals surface area contributed by atoms with Gasteiger partial charge in [0.15, 0.2) is 5.78 Å². The van der Waals surface area contributed by atoms with Crippen LogP contribution in [0.3, 0.4) is 0 Å². The molecule has 3 rings (SSSR count). The van der Waals surface area contributed by atoms with Crippen LogP contribution in [-0.2, 0) is 6.42 Å². The first kappa shape index (κ1) is 14.8. The van der Waals surface area contributed by atoms with Crippen LogP contribution in [0.15, 0.2) is 42.5 Å². The summed E-state index contributed by atoms with van der Waals surface area (Å²) in [5.41, 5.74) is 3.83. The average Bonchev–Trinajstić information content (AvgIpc) is 2.79. The van der Waals surface area contributed by atoms with Gasteiger partial charge in [-0.1, -0.05) is 50.2 Å². The number of aryl methyl sites for hydroxylation is 1. The van der Waals surface area contributed by atoms with Gasteiger partial charge in [-0.3, -0.25) is 4.79 Å². The second-order valence-corrected chi connectivity index (χ2v) is 6.21. The lowest BCUT2D eigenvalue weighted by molar-refractivity contribution is 0.103. The number of rotatable bonds is 3. The van der Waals surface area contributed by atoms with E-state index in [4.69, 9.17) is 4.74 Å². The lowest BCUT2D eigenvalue weighted by Crippen LogP contribution is -2.08. The molecule has 1 aliphatic rings. The highest BCUT2D eigenvalue weighted by Gasteiger charge is 2.21. The lowest BCUT2D eigenvalue weighted by Gasteiger charge is -2.16. The van der Waals surface area contributed by atoms with E-state index in [2.05, 4.69) is 19.9 Å². The summed E-state index contributed by atoms with van der Waals surface area (Å²) >= 11 is 0. The van der Waals surface area contributed by atoms with E-state index in [0.717, 1.165) is 30.6 Å². The monoisotopic (exact) mass is 294 g/mol. The number of hydrogen-bond acceptors (Lipinski definition) is 2. The van der Waals surface area contributed by atoms with Crippen molar-refractivity contribution in [1.82, 2.24) is 0 Å². The van der Waals surface area contributed by atoms with Crippen LogP contribution in [0, 0.1) is 0 Å². The Balaban J connectivity index is 2.12. The van der Waals surface area contributed by atoms with Gasteiger partial charge in [-0.05, 0) is 42.4 Å². The van der Waals surface area contributed by atoms with Gasteiger partial charge in [-0.2, -0.15) is 0 Å². The molecule has 0 amide bonds. The van der Waals surface area contributed by atoms with Crippen LogP contribution < -0.4 is 4.74 Å². The van der Waals surface area contributed by atoms with Crippen molar-refractivity contribution in [3.63, 3.8) is 0 Å². The molecule has 114 valence electrons. The van der Waals surface area contributed by atoms with Crippen molar-refractivity contribution in [2.45, 2.75) is 39.0 Å². The summed E-state index contributed by atoms with van der Waals surface area (Å²) in [4.78, 5) is 12.9. The van der Waals surface area contributed by atoms with E-state index in [1.54, 1.807) is 0 Å². The first-order valence-corrected chi connectivity index (χ1v) is 8.06. The second kappa shape index (κ2) is 6.35. The van der Waals surface area contributed by atoms with Crippen LogP contribution in [0.4, 0.5) is 0 Å². The van der Waals surface area contributed by atoms with Crippen molar-refractivity contribution >= 4 is 5.78 Å². The maximum absolute atomic E-state index is 12.9. The Hall–Kier alpha value is -2.09. The molecule has 0 aliphatic carbocycles. The van der Waals surface area contributed by atoms with E-state index < -0.39 is 0 Å². The van der Waals surface area contributed by atoms with Gasteiger partial charge >= 0.3 is 0 Å². The smallest absolute Gasteiger partial charge is 0.196 e. The largest absolute Gasteiger partial charge is 0.493 e. The third-order valence-corrected chi connectivity index (χ3v) is 4.22. The van der Waals surface area contributed by atoms with Crippen LogP contribution in [0.25, 0.3) is 0 Å². The Morgan fingerprint density at radius 1 is 1.09 bits per heavy atom. The molecule has 2 nitrogen and oxygen atoms in total. The summed E-state index contributed by atoms with van der Waals surface area (Å²) in [6.07, 6.45) is 3.16. The molecule has 0 unspecified atom stereocenters. The topological polar surface area (TPSA) is 26.3 Å². The van der Waals surface area contributed by atoms with E-state index in [9.17, 15) is 4.79 Å². The zero-order chi connectivity index (χ0) is 15.5. The quantitative estimate of drug-likeness (QED) is 0.763. The normalized spacial score (nSPS) is 14.1. The number of benzene rings is 2. The zero-order valence-corrected chi connectivity index (χ0v) is 13.3. The van der Waals surface area contributed by atoms with E-state index in [1.165, 1.54) is 11.1 Å². The average molecular weight is 294 g/mol. The second-order valence-electron chi connectivity index (χ2n) is 6.21. The van der Waals surface area contributed by atoms with Crippen molar-refractivity contribution in [3.05, 3.63) is 64.7 Å². The summed E-state index contributed by atoms with van der Waals surface area (Å²) in [6, 6.07) is 13.7. The van der Waals surface area contributed by atoms with E-state index in [1.807, 2.05) is 36.4 Å². The molecule has 0 atom stereocenters. The molecule has 1 aliphatic heterocycles. The van der Waals surface area contributed by atoms with Gasteiger partial charge in [-0.15, -0.1) is 0 Å². The minimum atomic E-state index is 0.0567. The van der Waals surface area contributed by atoms with Crippen molar-refractivity contribution in [3.8, 4) is 5.75 Å². The molecule has 1 heterocycles. The summed E-state index contributed by atoms with van der Waals surface area (Å²) in [5, 5.41) is 0. The fourth-order valence-electron chi connectivity index (χ4n) is 2.91. The molecule has 2 aromatic carbocycles. The molecule has 0 radical (unpaired) electrons. The molecule has 0 spiro atoms. The third kappa shape index (κ3) is 2.92. The number of carbonyl (C=O) groups excluding carboxylic acids is 1. The van der Waals surface area contributed by atoms with Crippen LogP contribution in [0.1, 0.15) is 59.7 Å². The van der Waals surface area contributed by atoms with Crippen LogP contribution in [0.2, 0.25) is 0 Å². The van der Waals surface area contributed by atoms with E-state index in [0.29, 0.717) is 18.1 Å². The SMILES string of the molecule is CC(C)c1cc2c(c(C(=O)c3ccccc3)c1)OCCCC2. The number of fused-ring (bicyclic) bond motifs is 1. The molecule has 22 heavy (non-hydrogen) atoms. The minimum absolute atomic E-state index is 0.0567. The number of hydrogen-bond donors (Lipinski definition) is 0. The highest BCUT2D eigenvalue weighted by Crippen LogP contribution is 2.33. The number of ketones is 1. The van der Waals surface area contributed by atoms with E-state index >= 15 is 0 Å². The third-order valence-electron chi connectivity index (χ3n) is 4.22. The maximum Gasteiger partial charge on any atom is 0.196 e.